The highest BCUT2D eigenvalue weighted by molar-refractivity contribution is 5.83. The zero-order chi connectivity index (χ0) is 21.2. The first-order chi connectivity index (χ1) is 14.6. The van der Waals surface area contributed by atoms with Gasteiger partial charge in [-0.1, -0.05) is 24.3 Å². The second kappa shape index (κ2) is 10.8. The van der Waals surface area contributed by atoms with Gasteiger partial charge in [0.1, 0.15) is 6.04 Å². The monoisotopic (exact) mass is 405 g/mol. The summed E-state index contributed by atoms with van der Waals surface area (Å²) in [5, 5.41) is 17.3. The number of rotatable bonds is 10. The molecule has 0 saturated carbocycles. The third kappa shape index (κ3) is 6.18. The first kappa shape index (κ1) is 21.1. The Kier molecular flexibility index (Phi) is 7.57. The predicted octanol–water partition coefficient (Wildman–Crippen LogP) is 2.62. The van der Waals surface area contributed by atoms with Crippen molar-refractivity contribution in [3.05, 3.63) is 100 Å². The molecule has 1 atom stereocenters. The number of nitro benzene ring substituents is 1. The fraction of sp³-hybridized carbons (Fsp3) is 0.227. The first-order valence-electron chi connectivity index (χ1n) is 9.67. The third-order valence-electron chi connectivity index (χ3n) is 4.60. The Morgan fingerprint density at radius 2 is 1.63 bits per heavy atom. The van der Waals surface area contributed by atoms with Crippen LogP contribution < -0.4 is 10.6 Å². The molecule has 1 aromatic carbocycles. The number of nitrogens with one attached hydrogen (secondary N) is 2. The molecule has 0 bridgehead atoms. The Morgan fingerprint density at radius 1 is 0.967 bits per heavy atom. The molecule has 3 rings (SSSR count). The lowest BCUT2D eigenvalue weighted by atomic mass is 10.0. The summed E-state index contributed by atoms with van der Waals surface area (Å²) in [6, 6.07) is 13.1. The highest BCUT2D eigenvalue weighted by Crippen LogP contribution is 2.20. The van der Waals surface area contributed by atoms with E-state index in [0.717, 1.165) is 11.1 Å². The molecule has 1 unspecified atom stereocenters. The molecule has 1 amide bonds. The minimum atomic E-state index is -0.699. The van der Waals surface area contributed by atoms with Gasteiger partial charge in [0.2, 0.25) is 5.91 Å². The fourth-order valence-electron chi connectivity index (χ4n) is 3.06. The molecule has 8 nitrogen and oxygen atoms in total. The lowest BCUT2D eigenvalue weighted by Gasteiger charge is -2.19. The van der Waals surface area contributed by atoms with E-state index >= 15 is 0 Å². The van der Waals surface area contributed by atoms with Crippen molar-refractivity contribution in [3.8, 4) is 0 Å². The third-order valence-corrected chi connectivity index (χ3v) is 4.60. The molecular formula is C22H23N5O3. The second-order valence-corrected chi connectivity index (χ2v) is 6.75. The molecule has 0 aliphatic heterocycles. The van der Waals surface area contributed by atoms with Crippen molar-refractivity contribution in [1.82, 2.24) is 20.6 Å². The summed E-state index contributed by atoms with van der Waals surface area (Å²) in [5.74, 6) is -0.231. The Bertz CT molecular complexity index is 967. The molecule has 30 heavy (non-hydrogen) atoms. The number of amides is 1. The van der Waals surface area contributed by atoms with Crippen LogP contribution in [0.5, 0.6) is 0 Å². The minimum Gasteiger partial charge on any atom is -0.354 e. The van der Waals surface area contributed by atoms with Crippen LogP contribution in [0.3, 0.4) is 0 Å². The molecule has 154 valence electrons. The molecule has 0 radical (unpaired) electrons. The van der Waals surface area contributed by atoms with Crippen molar-refractivity contribution < 1.29 is 9.72 Å². The number of pyridine rings is 2. The van der Waals surface area contributed by atoms with Crippen LogP contribution in [0.1, 0.15) is 22.7 Å². The van der Waals surface area contributed by atoms with E-state index in [1.165, 1.54) is 12.1 Å². The largest absolute Gasteiger partial charge is 0.354 e. The molecule has 0 aliphatic carbocycles. The van der Waals surface area contributed by atoms with Crippen molar-refractivity contribution in [1.29, 1.82) is 0 Å². The zero-order valence-corrected chi connectivity index (χ0v) is 16.4. The molecule has 3 aromatic rings. The van der Waals surface area contributed by atoms with Crippen LogP contribution in [-0.2, 0) is 17.6 Å². The van der Waals surface area contributed by atoms with Gasteiger partial charge in [0.25, 0.3) is 5.69 Å². The number of benzene rings is 1. The van der Waals surface area contributed by atoms with Gasteiger partial charge in [-0.15, -0.1) is 0 Å². The minimum absolute atomic E-state index is 0.0466. The lowest BCUT2D eigenvalue weighted by molar-refractivity contribution is -0.384. The molecule has 0 saturated heterocycles. The average molecular weight is 405 g/mol. The molecule has 8 heteroatoms. The van der Waals surface area contributed by atoms with Crippen LogP contribution in [0.4, 0.5) is 5.69 Å². The molecule has 2 heterocycles. The summed E-state index contributed by atoms with van der Waals surface area (Å²) in [6.45, 7) is 0.968. The maximum absolute atomic E-state index is 12.9. The van der Waals surface area contributed by atoms with Crippen molar-refractivity contribution in [3.63, 3.8) is 0 Å². The van der Waals surface area contributed by atoms with Crippen molar-refractivity contribution >= 4 is 11.6 Å². The number of carbonyl (C=O) groups is 1. The van der Waals surface area contributed by atoms with Crippen LogP contribution >= 0.6 is 0 Å². The smallest absolute Gasteiger partial charge is 0.269 e. The van der Waals surface area contributed by atoms with Crippen molar-refractivity contribution in [2.24, 2.45) is 0 Å². The van der Waals surface area contributed by atoms with Gasteiger partial charge in [0, 0.05) is 50.0 Å². The van der Waals surface area contributed by atoms with E-state index in [1.807, 2.05) is 24.3 Å². The Hall–Kier alpha value is -3.65. The number of carbonyl (C=O) groups excluding carboxylic acids is 1. The van der Waals surface area contributed by atoms with Gasteiger partial charge in [0.15, 0.2) is 0 Å². The summed E-state index contributed by atoms with van der Waals surface area (Å²) < 4.78 is 0. The average Bonchev–Trinajstić information content (AvgIpc) is 2.78. The predicted molar refractivity (Wildman–Crippen MR) is 113 cm³/mol. The van der Waals surface area contributed by atoms with E-state index in [1.54, 1.807) is 36.9 Å². The summed E-state index contributed by atoms with van der Waals surface area (Å²) in [5.41, 5.74) is 2.57. The summed E-state index contributed by atoms with van der Waals surface area (Å²) in [7, 11) is 0. The normalized spacial score (nSPS) is 11.6. The Balaban J connectivity index is 1.66. The summed E-state index contributed by atoms with van der Waals surface area (Å²) in [6.07, 6.45) is 8.28. The molecule has 2 N–H and O–H groups in total. The van der Waals surface area contributed by atoms with Gasteiger partial charge >= 0.3 is 0 Å². The number of hydrogen-bond acceptors (Lipinski definition) is 6. The number of nitro groups is 1. The number of non-ortho nitro benzene ring substituents is 1. The Morgan fingerprint density at radius 3 is 2.23 bits per heavy atom. The lowest BCUT2D eigenvalue weighted by Crippen LogP contribution is -2.39. The second-order valence-electron chi connectivity index (χ2n) is 6.75. The van der Waals surface area contributed by atoms with Gasteiger partial charge in [-0.05, 0) is 41.7 Å². The Labute approximate surface area is 174 Å². The number of nitrogens with zero attached hydrogens (tertiary/aromatic N) is 3. The molecule has 0 spiro atoms. The van der Waals surface area contributed by atoms with E-state index in [4.69, 9.17) is 0 Å². The van der Waals surface area contributed by atoms with Gasteiger partial charge in [0.05, 0.1) is 4.92 Å². The summed E-state index contributed by atoms with van der Waals surface area (Å²) in [4.78, 5) is 31.7. The van der Waals surface area contributed by atoms with Crippen LogP contribution in [0.15, 0.2) is 73.3 Å². The van der Waals surface area contributed by atoms with Gasteiger partial charge in [-0.2, -0.15) is 0 Å². The maximum Gasteiger partial charge on any atom is 0.269 e. The van der Waals surface area contributed by atoms with E-state index in [2.05, 4.69) is 20.6 Å². The van der Waals surface area contributed by atoms with Gasteiger partial charge in [-0.3, -0.25) is 24.9 Å². The van der Waals surface area contributed by atoms with Crippen molar-refractivity contribution in [2.45, 2.75) is 18.9 Å². The van der Waals surface area contributed by atoms with Crippen LogP contribution in [0, 0.1) is 10.1 Å². The van der Waals surface area contributed by atoms with Crippen molar-refractivity contribution in [2.75, 3.05) is 13.1 Å². The maximum atomic E-state index is 12.9. The molecule has 0 fully saturated rings. The highest BCUT2D eigenvalue weighted by Gasteiger charge is 2.21. The summed E-state index contributed by atoms with van der Waals surface area (Å²) >= 11 is 0. The van der Waals surface area contributed by atoms with Crippen LogP contribution in [0.25, 0.3) is 0 Å². The van der Waals surface area contributed by atoms with Gasteiger partial charge in [-0.25, -0.2) is 0 Å². The fourth-order valence-corrected chi connectivity index (χ4v) is 3.06. The van der Waals surface area contributed by atoms with Crippen LogP contribution in [0.2, 0.25) is 0 Å². The number of hydrogen-bond donors (Lipinski definition) is 2. The topological polar surface area (TPSA) is 110 Å². The SMILES string of the molecule is O=C(NCCc1cccnc1)C(NCCc1cccnc1)c1cccc([N+](=O)[O-])c1. The molecular weight excluding hydrogens is 382 g/mol. The molecule has 0 aliphatic rings. The van der Waals surface area contributed by atoms with Crippen LogP contribution in [-0.4, -0.2) is 33.9 Å². The van der Waals surface area contributed by atoms with E-state index in [-0.39, 0.29) is 11.6 Å². The van der Waals surface area contributed by atoms with E-state index in [9.17, 15) is 14.9 Å². The first-order valence-corrected chi connectivity index (χ1v) is 9.67. The van der Waals surface area contributed by atoms with Gasteiger partial charge < -0.3 is 10.6 Å². The molecule has 2 aromatic heterocycles. The van der Waals surface area contributed by atoms with E-state index in [0.29, 0.717) is 31.5 Å². The standard InChI is InChI=1S/C22H23N5O3/c28-22(26-13-9-18-5-3-11-24-16-18)21(19-6-1-7-20(14-19)27(29)30)25-12-8-17-4-2-10-23-15-17/h1-7,10-11,14-16,21,25H,8-9,12-13H2,(H,26,28). The zero-order valence-electron chi connectivity index (χ0n) is 16.4. The quantitative estimate of drug-likeness (QED) is 0.396. The van der Waals surface area contributed by atoms with E-state index < -0.39 is 11.0 Å². The highest BCUT2D eigenvalue weighted by atomic mass is 16.6. The number of aromatic nitrogens is 2.